The van der Waals surface area contributed by atoms with Gasteiger partial charge in [-0.3, -0.25) is 0 Å². The number of nitrogens with zero attached hydrogens (tertiary/aromatic N) is 1. The summed E-state index contributed by atoms with van der Waals surface area (Å²) in [7, 11) is 0. The molecule has 78 valence electrons. The van der Waals surface area contributed by atoms with Gasteiger partial charge in [0.2, 0.25) is 0 Å². The van der Waals surface area contributed by atoms with E-state index in [9.17, 15) is 0 Å². The van der Waals surface area contributed by atoms with Crippen LogP contribution in [-0.4, -0.2) is 11.2 Å². The highest BCUT2D eigenvalue weighted by Crippen LogP contribution is 2.27. The van der Waals surface area contributed by atoms with Crippen molar-refractivity contribution in [1.29, 1.82) is 0 Å². The van der Waals surface area contributed by atoms with Crippen LogP contribution in [0.4, 0.5) is 0 Å². The Bertz CT molecular complexity index is 296. The van der Waals surface area contributed by atoms with Gasteiger partial charge in [-0.1, -0.05) is 13.8 Å². The predicted octanol–water partition coefficient (Wildman–Crippen LogP) is 1.93. The molecule has 0 aromatic carbocycles. The minimum absolute atomic E-state index is 0.150. The van der Waals surface area contributed by atoms with E-state index < -0.39 is 0 Å². The average Bonchev–Trinajstić information content (AvgIpc) is 2.58. The first kappa shape index (κ1) is 9.59. The van der Waals surface area contributed by atoms with Crippen LogP contribution in [0, 0.1) is 5.92 Å². The van der Waals surface area contributed by atoms with E-state index in [1.54, 1.807) is 0 Å². The molecule has 1 unspecified atom stereocenters. The fourth-order valence-electron chi connectivity index (χ4n) is 1.90. The molecule has 0 spiro atoms. The lowest BCUT2D eigenvalue weighted by molar-refractivity contribution is 0.356. The average molecular weight is 194 g/mol. The molecule has 1 aromatic heterocycles. The van der Waals surface area contributed by atoms with Gasteiger partial charge in [0.1, 0.15) is 6.61 Å². The molecule has 2 heterocycles. The second-order valence-electron chi connectivity index (χ2n) is 4.39. The highest BCUT2D eigenvalue weighted by molar-refractivity contribution is 5.27. The minimum atomic E-state index is 0.150. The van der Waals surface area contributed by atoms with Gasteiger partial charge >= 0.3 is 0 Å². The van der Waals surface area contributed by atoms with E-state index in [2.05, 4.69) is 30.7 Å². The topological polar surface area (TPSA) is 40.2 Å². The number of fused-ring (bicyclic) bond motifs is 1. The Hall–Kier alpha value is -0.960. The molecule has 0 fully saturated rings. The van der Waals surface area contributed by atoms with Crippen LogP contribution in [0.1, 0.15) is 31.9 Å². The smallest absolute Gasteiger partial charge is 0.193 e. The summed E-state index contributed by atoms with van der Waals surface area (Å²) < 4.78 is 7.58. The number of aromatic nitrogens is 1. The first-order chi connectivity index (χ1) is 6.66. The summed E-state index contributed by atoms with van der Waals surface area (Å²) in [5, 5.41) is 0. The summed E-state index contributed by atoms with van der Waals surface area (Å²) >= 11 is 0. The van der Waals surface area contributed by atoms with Gasteiger partial charge in [-0.25, -0.2) is 0 Å². The Kier molecular flexibility index (Phi) is 2.50. The number of nitrogens with two attached hydrogens (primary N) is 1. The summed E-state index contributed by atoms with van der Waals surface area (Å²) in [5.41, 5.74) is 7.29. The summed E-state index contributed by atoms with van der Waals surface area (Å²) in [4.78, 5) is 0. The normalized spacial score (nSPS) is 16.9. The van der Waals surface area contributed by atoms with Crippen LogP contribution in [0.3, 0.4) is 0 Å². The number of hydrogen-bond donors (Lipinski definition) is 1. The van der Waals surface area contributed by atoms with Gasteiger partial charge in [-0.15, -0.1) is 0 Å². The summed E-state index contributed by atoms with van der Waals surface area (Å²) in [6.45, 7) is 6.15. The molecule has 3 heteroatoms. The molecule has 1 aliphatic heterocycles. The van der Waals surface area contributed by atoms with Gasteiger partial charge in [0.25, 0.3) is 0 Å². The van der Waals surface area contributed by atoms with E-state index in [4.69, 9.17) is 10.5 Å². The van der Waals surface area contributed by atoms with Crippen LogP contribution in [0.15, 0.2) is 12.3 Å². The summed E-state index contributed by atoms with van der Waals surface area (Å²) in [6.07, 6.45) is 3.15. The molecule has 14 heavy (non-hydrogen) atoms. The maximum Gasteiger partial charge on any atom is 0.193 e. The third-order valence-electron chi connectivity index (χ3n) is 2.61. The quantitative estimate of drug-likeness (QED) is 0.798. The van der Waals surface area contributed by atoms with Gasteiger partial charge in [-0.2, -0.15) is 0 Å². The monoisotopic (exact) mass is 194 g/mol. The molecule has 2 rings (SSSR count). The van der Waals surface area contributed by atoms with Gasteiger partial charge in [0.15, 0.2) is 5.88 Å². The zero-order chi connectivity index (χ0) is 10.1. The van der Waals surface area contributed by atoms with Crippen molar-refractivity contribution in [3.05, 3.63) is 17.8 Å². The number of hydrogen-bond acceptors (Lipinski definition) is 2. The van der Waals surface area contributed by atoms with Crippen molar-refractivity contribution in [2.45, 2.75) is 32.9 Å². The van der Waals surface area contributed by atoms with Crippen LogP contribution >= 0.6 is 0 Å². The maximum atomic E-state index is 6.09. The largest absolute Gasteiger partial charge is 0.477 e. The van der Waals surface area contributed by atoms with E-state index in [-0.39, 0.29) is 6.04 Å². The van der Waals surface area contributed by atoms with Crippen molar-refractivity contribution in [2.75, 3.05) is 6.61 Å². The van der Waals surface area contributed by atoms with Crippen LogP contribution in [0.2, 0.25) is 0 Å². The lowest BCUT2D eigenvalue weighted by Gasteiger charge is -2.12. The van der Waals surface area contributed by atoms with Crippen LogP contribution in [-0.2, 0) is 6.54 Å². The van der Waals surface area contributed by atoms with E-state index >= 15 is 0 Å². The number of ether oxygens (including phenoxy) is 1. The van der Waals surface area contributed by atoms with Gasteiger partial charge in [-0.05, 0) is 17.9 Å². The third-order valence-corrected chi connectivity index (χ3v) is 2.61. The molecule has 1 aliphatic rings. The first-order valence-corrected chi connectivity index (χ1v) is 5.25. The second kappa shape index (κ2) is 3.65. The SMILES string of the molecule is CC(C)CC(N)c1cc2n(c1)CCO2. The lowest BCUT2D eigenvalue weighted by Crippen LogP contribution is -2.12. The van der Waals surface area contributed by atoms with Gasteiger partial charge in [0, 0.05) is 18.3 Å². The maximum absolute atomic E-state index is 6.09. The van der Waals surface area contributed by atoms with Crippen LogP contribution < -0.4 is 10.5 Å². The Labute approximate surface area is 84.9 Å². The van der Waals surface area contributed by atoms with E-state index in [0.29, 0.717) is 5.92 Å². The molecule has 2 N–H and O–H groups in total. The van der Waals surface area contributed by atoms with E-state index in [0.717, 1.165) is 25.5 Å². The standard InChI is InChI=1S/C11H18N2O/c1-8(2)5-10(12)9-6-11-13(7-9)3-4-14-11/h6-8,10H,3-5,12H2,1-2H3. The molecule has 0 bridgehead atoms. The van der Waals surface area contributed by atoms with E-state index in [1.807, 2.05) is 0 Å². The molecule has 0 amide bonds. The van der Waals surface area contributed by atoms with Crippen molar-refractivity contribution >= 4 is 0 Å². The van der Waals surface area contributed by atoms with Crippen LogP contribution in [0.25, 0.3) is 0 Å². The van der Waals surface area contributed by atoms with Crippen LogP contribution in [0.5, 0.6) is 5.88 Å². The molecule has 1 atom stereocenters. The molecule has 0 saturated heterocycles. The van der Waals surface area contributed by atoms with E-state index in [1.165, 1.54) is 5.56 Å². The third kappa shape index (κ3) is 1.77. The second-order valence-corrected chi connectivity index (χ2v) is 4.39. The van der Waals surface area contributed by atoms with Crippen molar-refractivity contribution in [3.8, 4) is 5.88 Å². The van der Waals surface area contributed by atoms with Gasteiger partial charge in [0.05, 0.1) is 6.54 Å². The molecule has 3 nitrogen and oxygen atoms in total. The van der Waals surface area contributed by atoms with Gasteiger partial charge < -0.3 is 15.0 Å². The minimum Gasteiger partial charge on any atom is -0.477 e. The van der Waals surface area contributed by atoms with Crippen molar-refractivity contribution in [1.82, 2.24) is 4.57 Å². The Balaban J connectivity index is 2.09. The Morgan fingerprint density at radius 1 is 1.57 bits per heavy atom. The zero-order valence-electron chi connectivity index (χ0n) is 8.86. The highest BCUT2D eigenvalue weighted by atomic mass is 16.5. The molecule has 1 aromatic rings. The van der Waals surface area contributed by atoms with Crippen molar-refractivity contribution in [2.24, 2.45) is 11.7 Å². The highest BCUT2D eigenvalue weighted by Gasteiger charge is 2.17. The Morgan fingerprint density at radius 2 is 2.36 bits per heavy atom. The van der Waals surface area contributed by atoms with Crippen molar-refractivity contribution in [3.63, 3.8) is 0 Å². The molecular weight excluding hydrogens is 176 g/mol. The summed E-state index contributed by atoms with van der Waals surface area (Å²) in [6, 6.07) is 2.22. The Morgan fingerprint density at radius 3 is 3.00 bits per heavy atom. The zero-order valence-corrected chi connectivity index (χ0v) is 8.86. The number of rotatable bonds is 3. The molecule has 0 aliphatic carbocycles. The predicted molar refractivity (Wildman–Crippen MR) is 56.3 cm³/mol. The fraction of sp³-hybridized carbons (Fsp3) is 0.636. The molecular formula is C11H18N2O. The molecule has 0 radical (unpaired) electrons. The summed E-state index contributed by atoms with van der Waals surface area (Å²) in [5.74, 6) is 1.61. The first-order valence-electron chi connectivity index (χ1n) is 5.25. The lowest BCUT2D eigenvalue weighted by atomic mass is 10.0. The van der Waals surface area contributed by atoms with Crippen molar-refractivity contribution < 1.29 is 4.74 Å². The molecule has 0 saturated carbocycles. The fourth-order valence-corrected chi connectivity index (χ4v) is 1.90.